The number of rotatable bonds is 8. The largest absolute Gasteiger partial charge is 0.491 e. The standard InChI is InChI=1S/C17H25NO4/c1-11(2)9-14(17(20)21)18-16(19)10-13-7-5-6-8-15(13)22-12(3)4/h5-8,11-12,14H,9-10H2,1-4H3,(H,18,19)(H,20,21)/t14-/m1/s1. The molecule has 1 aromatic rings. The molecule has 22 heavy (non-hydrogen) atoms. The molecule has 5 heteroatoms. The van der Waals surface area contributed by atoms with Crippen LogP contribution in [-0.2, 0) is 16.0 Å². The first kappa shape index (κ1) is 18.0. The van der Waals surface area contributed by atoms with Gasteiger partial charge in [0.05, 0.1) is 12.5 Å². The number of ether oxygens (including phenoxy) is 1. The Morgan fingerprint density at radius 2 is 1.82 bits per heavy atom. The first-order valence-electron chi connectivity index (χ1n) is 7.56. The molecule has 0 heterocycles. The van der Waals surface area contributed by atoms with Crippen LogP contribution in [0.2, 0.25) is 0 Å². The third-order valence-corrected chi connectivity index (χ3v) is 3.03. The molecule has 0 fully saturated rings. The Balaban J connectivity index is 2.73. The van der Waals surface area contributed by atoms with Gasteiger partial charge in [0.25, 0.3) is 0 Å². The van der Waals surface area contributed by atoms with E-state index in [1.807, 2.05) is 52.0 Å². The fraction of sp³-hybridized carbons (Fsp3) is 0.529. The summed E-state index contributed by atoms with van der Waals surface area (Å²) in [6.07, 6.45) is 0.521. The van der Waals surface area contributed by atoms with E-state index in [9.17, 15) is 14.7 Å². The van der Waals surface area contributed by atoms with E-state index < -0.39 is 12.0 Å². The zero-order chi connectivity index (χ0) is 16.7. The average molecular weight is 307 g/mol. The van der Waals surface area contributed by atoms with Crippen molar-refractivity contribution < 1.29 is 19.4 Å². The lowest BCUT2D eigenvalue weighted by Gasteiger charge is -2.18. The number of amides is 1. The summed E-state index contributed by atoms with van der Waals surface area (Å²) in [5.41, 5.74) is 0.752. The van der Waals surface area contributed by atoms with Crippen molar-refractivity contribution in [3.63, 3.8) is 0 Å². The van der Waals surface area contributed by atoms with Gasteiger partial charge in [-0.15, -0.1) is 0 Å². The maximum Gasteiger partial charge on any atom is 0.326 e. The maximum atomic E-state index is 12.1. The zero-order valence-electron chi connectivity index (χ0n) is 13.6. The summed E-state index contributed by atoms with van der Waals surface area (Å²) in [4.78, 5) is 23.3. The van der Waals surface area contributed by atoms with Crippen LogP contribution in [-0.4, -0.2) is 29.1 Å². The van der Waals surface area contributed by atoms with Gasteiger partial charge < -0.3 is 15.2 Å². The van der Waals surface area contributed by atoms with Crippen molar-refractivity contribution in [2.24, 2.45) is 5.92 Å². The zero-order valence-corrected chi connectivity index (χ0v) is 13.6. The van der Waals surface area contributed by atoms with Crippen LogP contribution in [0.1, 0.15) is 39.7 Å². The lowest BCUT2D eigenvalue weighted by atomic mass is 10.0. The van der Waals surface area contributed by atoms with E-state index >= 15 is 0 Å². The number of hydrogen-bond acceptors (Lipinski definition) is 3. The number of hydrogen-bond donors (Lipinski definition) is 2. The summed E-state index contributed by atoms with van der Waals surface area (Å²) in [5.74, 6) is -0.469. The Morgan fingerprint density at radius 3 is 2.36 bits per heavy atom. The van der Waals surface area contributed by atoms with E-state index in [0.29, 0.717) is 12.2 Å². The van der Waals surface area contributed by atoms with Gasteiger partial charge in [-0.25, -0.2) is 4.79 Å². The van der Waals surface area contributed by atoms with E-state index in [1.54, 1.807) is 0 Å². The second kappa shape index (κ2) is 8.41. The Bertz CT molecular complexity index is 511. The minimum Gasteiger partial charge on any atom is -0.491 e. The lowest BCUT2D eigenvalue weighted by Crippen LogP contribution is -2.42. The molecule has 122 valence electrons. The Hall–Kier alpha value is -2.04. The van der Waals surface area contributed by atoms with Crippen molar-refractivity contribution >= 4 is 11.9 Å². The Kier molecular flexibility index (Phi) is 6.89. The number of para-hydroxylation sites is 1. The molecule has 0 aliphatic rings. The predicted octanol–water partition coefficient (Wildman–Crippen LogP) is 2.63. The molecule has 0 aliphatic carbocycles. The SMILES string of the molecule is CC(C)C[C@@H](NC(=O)Cc1ccccc1OC(C)C)C(=O)O. The molecule has 0 saturated carbocycles. The van der Waals surface area contributed by atoms with E-state index in [1.165, 1.54) is 0 Å². The summed E-state index contributed by atoms with van der Waals surface area (Å²) >= 11 is 0. The van der Waals surface area contributed by atoms with Crippen molar-refractivity contribution in [2.75, 3.05) is 0 Å². The number of benzene rings is 1. The van der Waals surface area contributed by atoms with Gasteiger partial charge in [0.2, 0.25) is 5.91 Å². The van der Waals surface area contributed by atoms with E-state index in [0.717, 1.165) is 5.56 Å². The lowest BCUT2D eigenvalue weighted by molar-refractivity contribution is -0.142. The van der Waals surface area contributed by atoms with Gasteiger partial charge in [-0.05, 0) is 32.3 Å². The van der Waals surface area contributed by atoms with Gasteiger partial charge in [0.1, 0.15) is 11.8 Å². The predicted molar refractivity (Wildman–Crippen MR) is 84.9 cm³/mol. The smallest absolute Gasteiger partial charge is 0.326 e. The summed E-state index contributed by atoms with van der Waals surface area (Å²) < 4.78 is 5.67. The fourth-order valence-electron chi connectivity index (χ4n) is 2.13. The highest BCUT2D eigenvalue weighted by Crippen LogP contribution is 2.20. The third-order valence-electron chi connectivity index (χ3n) is 3.03. The molecular formula is C17H25NO4. The summed E-state index contributed by atoms with van der Waals surface area (Å²) in [6, 6.07) is 6.45. The molecule has 0 aliphatic heterocycles. The van der Waals surface area contributed by atoms with Crippen LogP contribution in [0.25, 0.3) is 0 Å². The van der Waals surface area contributed by atoms with Gasteiger partial charge in [-0.1, -0.05) is 32.0 Å². The number of carboxylic acid groups (broad SMARTS) is 1. The van der Waals surface area contributed by atoms with Gasteiger partial charge in [0, 0.05) is 5.56 Å². The topological polar surface area (TPSA) is 75.6 Å². The van der Waals surface area contributed by atoms with Gasteiger partial charge in [0.15, 0.2) is 0 Å². The number of carboxylic acids is 1. The van der Waals surface area contributed by atoms with Crippen LogP contribution in [0, 0.1) is 5.92 Å². The van der Waals surface area contributed by atoms with Crippen LogP contribution in [0.15, 0.2) is 24.3 Å². The molecule has 0 saturated heterocycles. The fourth-order valence-corrected chi connectivity index (χ4v) is 2.13. The van der Waals surface area contributed by atoms with Crippen LogP contribution < -0.4 is 10.1 Å². The third kappa shape index (κ3) is 6.16. The highest BCUT2D eigenvalue weighted by Gasteiger charge is 2.21. The van der Waals surface area contributed by atoms with Gasteiger partial charge in [-0.3, -0.25) is 4.79 Å². The minimum absolute atomic E-state index is 0.0110. The van der Waals surface area contributed by atoms with Crippen LogP contribution in [0.5, 0.6) is 5.75 Å². The maximum absolute atomic E-state index is 12.1. The summed E-state index contributed by atoms with van der Waals surface area (Å²) in [6.45, 7) is 7.68. The van der Waals surface area contributed by atoms with Crippen molar-refractivity contribution in [1.82, 2.24) is 5.32 Å². The molecule has 0 aromatic heterocycles. The van der Waals surface area contributed by atoms with E-state index in [2.05, 4.69) is 5.32 Å². The summed E-state index contributed by atoms with van der Waals surface area (Å²) in [7, 11) is 0. The van der Waals surface area contributed by atoms with Gasteiger partial charge in [-0.2, -0.15) is 0 Å². The number of nitrogens with one attached hydrogen (secondary N) is 1. The minimum atomic E-state index is -1.01. The second-order valence-electron chi connectivity index (χ2n) is 6.04. The monoisotopic (exact) mass is 307 g/mol. The Labute approximate surface area is 131 Å². The molecule has 1 aromatic carbocycles. The molecule has 1 amide bonds. The average Bonchev–Trinajstić information content (AvgIpc) is 2.39. The molecule has 2 N–H and O–H groups in total. The van der Waals surface area contributed by atoms with Crippen molar-refractivity contribution in [1.29, 1.82) is 0 Å². The second-order valence-corrected chi connectivity index (χ2v) is 6.04. The first-order valence-corrected chi connectivity index (χ1v) is 7.56. The van der Waals surface area contributed by atoms with Gasteiger partial charge >= 0.3 is 5.97 Å². The molecule has 0 spiro atoms. The van der Waals surface area contributed by atoms with Crippen LogP contribution in [0.4, 0.5) is 0 Å². The number of aliphatic carboxylic acids is 1. The van der Waals surface area contributed by atoms with Crippen LogP contribution >= 0.6 is 0 Å². The molecule has 0 bridgehead atoms. The molecular weight excluding hydrogens is 282 g/mol. The highest BCUT2D eigenvalue weighted by atomic mass is 16.5. The molecule has 1 atom stereocenters. The molecule has 1 rings (SSSR count). The molecule has 0 radical (unpaired) electrons. The molecule has 5 nitrogen and oxygen atoms in total. The Morgan fingerprint density at radius 1 is 1.18 bits per heavy atom. The highest BCUT2D eigenvalue weighted by molar-refractivity contribution is 5.85. The van der Waals surface area contributed by atoms with Crippen LogP contribution in [0.3, 0.4) is 0 Å². The first-order chi connectivity index (χ1) is 10.3. The number of carbonyl (C=O) groups is 2. The quantitative estimate of drug-likeness (QED) is 0.774. The number of carbonyl (C=O) groups excluding carboxylic acids is 1. The van der Waals surface area contributed by atoms with E-state index in [-0.39, 0.29) is 24.3 Å². The normalized spacial score (nSPS) is 12.3. The van der Waals surface area contributed by atoms with Crippen molar-refractivity contribution in [2.45, 2.75) is 52.7 Å². The van der Waals surface area contributed by atoms with E-state index in [4.69, 9.17) is 4.74 Å². The molecule has 0 unspecified atom stereocenters. The van der Waals surface area contributed by atoms with Crippen molar-refractivity contribution in [3.05, 3.63) is 29.8 Å². The summed E-state index contributed by atoms with van der Waals surface area (Å²) in [5, 5.41) is 11.8. The van der Waals surface area contributed by atoms with Crippen molar-refractivity contribution in [3.8, 4) is 5.75 Å².